The van der Waals surface area contributed by atoms with Crippen LogP contribution in [-0.4, -0.2) is 37.0 Å². The molecule has 7 nitrogen and oxygen atoms in total. The van der Waals surface area contributed by atoms with Gasteiger partial charge in [-0.15, -0.1) is 0 Å². The highest BCUT2D eigenvalue weighted by Crippen LogP contribution is 2.46. The van der Waals surface area contributed by atoms with Gasteiger partial charge in [-0.05, 0) is 74.6 Å². The molecule has 2 aliphatic rings. The number of fused-ring (bicyclic) bond motifs is 1. The molecule has 1 N–H and O–H groups in total. The molecule has 1 saturated heterocycles. The number of urea groups is 1. The monoisotopic (exact) mass is 539 g/mol. The fourth-order valence-corrected chi connectivity index (χ4v) is 5.37. The molecule has 184 valence electrons. The minimum atomic E-state index is -0.775. The maximum atomic E-state index is 13.3. The lowest BCUT2D eigenvalue weighted by molar-refractivity contribution is -0.122. The predicted octanol–water partition coefficient (Wildman–Crippen LogP) is 5.63. The van der Waals surface area contributed by atoms with E-state index in [1.807, 2.05) is 12.1 Å². The molecule has 0 radical (unpaired) electrons. The van der Waals surface area contributed by atoms with Crippen LogP contribution in [-0.2, 0) is 9.59 Å². The maximum absolute atomic E-state index is 13.3. The number of amides is 4. The average molecular weight is 540 g/mol. The van der Waals surface area contributed by atoms with E-state index in [4.69, 9.17) is 4.74 Å². The van der Waals surface area contributed by atoms with E-state index in [-0.39, 0.29) is 17.0 Å². The Hall–Kier alpha value is -3.13. The van der Waals surface area contributed by atoms with Crippen LogP contribution in [0.25, 0.3) is 6.08 Å². The van der Waals surface area contributed by atoms with E-state index in [9.17, 15) is 14.4 Å². The standard InChI is InChI=1S/C27H30BrN3O4/c1-6-11-30-22-14-23(35-5)17(12-20(22)16(2)15-27(30,3)4)13-21-24(32)29-26(34)31(25(21)33)19-9-7-18(28)8-10-19/h7-10,12-14,16H,6,11,15H2,1-5H3,(H,29,32,34)/b21-13-. The molecule has 0 bridgehead atoms. The van der Waals surface area contributed by atoms with Gasteiger partial charge in [0.15, 0.2) is 0 Å². The summed E-state index contributed by atoms with van der Waals surface area (Å²) < 4.78 is 6.51. The summed E-state index contributed by atoms with van der Waals surface area (Å²) in [5.41, 5.74) is 3.13. The van der Waals surface area contributed by atoms with Gasteiger partial charge in [0.1, 0.15) is 11.3 Å². The zero-order valence-electron chi connectivity index (χ0n) is 20.6. The normalized spacial score (nSPS) is 20.7. The molecule has 1 fully saturated rings. The predicted molar refractivity (Wildman–Crippen MR) is 141 cm³/mol. The van der Waals surface area contributed by atoms with Crippen molar-refractivity contribution in [2.24, 2.45) is 0 Å². The van der Waals surface area contributed by atoms with Gasteiger partial charge in [-0.3, -0.25) is 14.9 Å². The van der Waals surface area contributed by atoms with Gasteiger partial charge in [-0.1, -0.05) is 29.8 Å². The van der Waals surface area contributed by atoms with Crippen LogP contribution < -0.4 is 19.9 Å². The van der Waals surface area contributed by atoms with Crippen molar-refractivity contribution in [3.63, 3.8) is 0 Å². The van der Waals surface area contributed by atoms with Gasteiger partial charge in [0.25, 0.3) is 11.8 Å². The summed E-state index contributed by atoms with van der Waals surface area (Å²) in [6.07, 6.45) is 3.51. The number of anilines is 2. The second kappa shape index (κ2) is 9.49. The topological polar surface area (TPSA) is 79.0 Å². The third-order valence-electron chi connectivity index (χ3n) is 6.67. The number of hydrogen-bond acceptors (Lipinski definition) is 5. The number of hydrogen-bond donors (Lipinski definition) is 1. The van der Waals surface area contributed by atoms with Crippen LogP contribution in [0.2, 0.25) is 0 Å². The Kier molecular flexibility index (Phi) is 6.77. The molecule has 0 aliphatic carbocycles. The minimum absolute atomic E-state index is 0.00180. The Morgan fingerprint density at radius 2 is 1.86 bits per heavy atom. The fourth-order valence-electron chi connectivity index (χ4n) is 5.10. The van der Waals surface area contributed by atoms with Gasteiger partial charge in [-0.2, -0.15) is 0 Å². The van der Waals surface area contributed by atoms with E-state index < -0.39 is 17.8 Å². The third-order valence-corrected chi connectivity index (χ3v) is 7.20. The van der Waals surface area contributed by atoms with Crippen molar-refractivity contribution in [1.29, 1.82) is 0 Å². The van der Waals surface area contributed by atoms with E-state index in [0.717, 1.165) is 40.0 Å². The molecule has 0 spiro atoms. The molecule has 2 aliphatic heterocycles. The van der Waals surface area contributed by atoms with Crippen LogP contribution in [0.4, 0.5) is 16.2 Å². The Balaban J connectivity index is 1.80. The molecule has 0 saturated carbocycles. The molecule has 2 heterocycles. The molecular weight excluding hydrogens is 510 g/mol. The summed E-state index contributed by atoms with van der Waals surface area (Å²) in [4.78, 5) is 41.9. The summed E-state index contributed by atoms with van der Waals surface area (Å²) in [6.45, 7) is 9.78. The van der Waals surface area contributed by atoms with Crippen molar-refractivity contribution in [2.75, 3.05) is 23.5 Å². The van der Waals surface area contributed by atoms with Gasteiger partial charge < -0.3 is 9.64 Å². The van der Waals surface area contributed by atoms with E-state index in [1.165, 1.54) is 6.08 Å². The Morgan fingerprint density at radius 3 is 2.49 bits per heavy atom. The smallest absolute Gasteiger partial charge is 0.335 e. The lowest BCUT2D eigenvalue weighted by Gasteiger charge is -2.48. The number of carbonyl (C=O) groups is 3. The number of halogens is 1. The Morgan fingerprint density at radius 1 is 1.17 bits per heavy atom. The van der Waals surface area contributed by atoms with Crippen LogP contribution in [0, 0.1) is 0 Å². The van der Waals surface area contributed by atoms with Gasteiger partial charge >= 0.3 is 6.03 Å². The summed E-state index contributed by atoms with van der Waals surface area (Å²) in [6, 6.07) is 9.96. The molecule has 8 heteroatoms. The van der Waals surface area contributed by atoms with Gasteiger partial charge in [-0.25, -0.2) is 9.69 Å². The minimum Gasteiger partial charge on any atom is -0.496 e. The van der Waals surface area contributed by atoms with Crippen molar-refractivity contribution in [1.82, 2.24) is 5.32 Å². The van der Waals surface area contributed by atoms with Crippen LogP contribution in [0.3, 0.4) is 0 Å². The van der Waals surface area contributed by atoms with Crippen LogP contribution in [0.15, 0.2) is 46.4 Å². The quantitative estimate of drug-likeness (QED) is 0.393. The Bertz CT molecular complexity index is 1220. The first-order valence-corrected chi connectivity index (χ1v) is 12.5. The molecule has 4 rings (SSSR count). The van der Waals surface area contributed by atoms with Crippen LogP contribution in [0.5, 0.6) is 5.75 Å². The summed E-state index contributed by atoms with van der Waals surface area (Å²) in [5, 5.41) is 2.28. The lowest BCUT2D eigenvalue weighted by Crippen LogP contribution is -2.54. The summed E-state index contributed by atoms with van der Waals surface area (Å²) in [5.74, 6) is -0.555. The number of ether oxygens (including phenoxy) is 1. The van der Waals surface area contributed by atoms with Gasteiger partial charge in [0.05, 0.1) is 12.8 Å². The average Bonchev–Trinajstić information content (AvgIpc) is 2.80. The van der Waals surface area contributed by atoms with Gasteiger partial charge in [0.2, 0.25) is 0 Å². The van der Waals surface area contributed by atoms with Crippen LogP contribution in [0.1, 0.15) is 57.6 Å². The van der Waals surface area contributed by atoms with Gasteiger partial charge in [0, 0.05) is 33.9 Å². The van der Waals surface area contributed by atoms with Crippen molar-refractivity contribution < 1.29 is 19.1 Å². The number of barbiturate groups is 1. The number of nitrogens with one attached hydrogen (secondary N) is 1. The van der Waals surface area contributed by atoms with Crippen molar-refractivity contribution in [3.05, 3.63) is 57.6 Å². The molecule has 0 aromatic heterocycles. The second-order valence-corrected chi connectivity index (χ2v) is 10.6. The van der Waals surface area contributed by atoms with E-state index >= 15 is 0 Å². The van der Waals surface area contributed by atoms with Crippen molar-refractivity contribution >= 4 is 51.2 Å². The zero-order valence-corrected chi connectivity index (χ0v) is 22.2. The van der Waals surface area contributed by atoms with E-state index in [2.05, 4.69) is 53.8 Å². The number of benzene rings is 2. The number of rotatable bonds is 5. The fraction of sp³-hybridized carbons (Fsp3) is 0.370. The van der Waals surface area contributed by atoms with Crippen LogP contribution >= 0.6 is 15.9 Å². The highest BCUT2D eigenvalue weighted by molar-refractivity contribution is 9.10. The first-order chi connectivity index (χ1) is 16.6. The van der Waals surface area contributed by atoms with E-state index in [1.54, 1.807) is 31.4 Å². The maximum Gasteiger partial charge on any atom is 0.335 e. The number of nitrogens with zero attached hydrogens (tertiary/aromatic N) is 2. The second-order valence-electron chi connectivity index (χ2n) is 9.66. The SMILES string of the molecule is CCCN1c2cc(OC)c(/C=C3/C(=O)NC(=O)N(c4ccc(Br)cc4)C3=O)cc2C(C)CC1(C)C. The molecular formula is C27H30BrN3O4. The number of methoxy groups -OCH3 is 1. The lowest BCUT2D eigenvalue weighted by atomic mass is 9.79. The largest absolute Gasteiger partial charge is 0.496 e. The highest BCUT2D eigenvalue weighted by Gasteiger charge is 2.39. The summed E-state index contributed by atoms with van der Waals surface area (Å²) >= 11 is 3.35. The first kappa shape index (κ1) is 25.0. The highest BCUT2D eigenvalue weighted by atomic mass is 79.9. The Labute approximate surface area is 214 Å². The number of imide groups is 2. The van der Waals surface area contributed by atoms with Crippen molar-refractivity contribution in [2.45, 2.75) is 52.0 Å². The molecule has 2 aromatic carbocycles. The molecule has 4 amide bonds. The van der Waals surface area contributed by atoms with Crippen molar-refractivity contribution in [3.8, 4) is 5.75 Å². The molecule has 35 heavy (non-hydrogen) atoms. The third kappa shape index (κ3) is 4.59. The zero-order chi connectivity index (χ0) is 25.5. The molecule has 2 aromatic rings. The first-order valence-electron chi connectivity index (χ1n) is 11.7. The summed E-state index contributed by atoms with van der Waals surface area (Å²) in [7, 11) is 1.58. The molecule has 1 atom stereocenters. The molecule has 1 unspecified atom stereocenters. The van der Waals surface area contributed by atoms with E-state index in [0.29, 0.717) is 17.0 Å². The number of carbonyl (C=O) groups excluding carboxylic acids is 3.